The first-order chi connectivity index (χ1) is 7.74. The molecule has 0 saturated heterocycles. The summed E-state index contributed by atoms with van der Waals surface area (Å²) >= 11 is 4.65. The van der Waals surface area contributed by atoms with E-state index in [4.69, 9.17) is 0 Å². The van der Waals surface area contributed by atoms with Crippen LogP contribution in [0.5, 0.6) is 0 Å². The van der Waals surface area contributed by atoms with Gasteiger partial charge in [0.2, 0.25) is 4.96 Å². The predicted molar refractivity (Wildman–Crippen MR) is 61.8 cm³/mol. The van der Waals surface area contributed by atoms with Crippen LogP contribution in [0.3, 0.4) is 0 Å². The molecule has 3 heterocycles. The van der Waals surface area contributed by atoms with Crippen LogP contribution in [0, 0.1) is 5.82 Å². The van der Waals surface area contributed by atoms with Crippen LogP contribution >= 0.6 is 27.3 Å². The Hall–Kier alpha value is -1.34. The third-order valence-electron chi connectivity index (χ3n) is 2.07. The van der Waals surface area contributed by atoms with Gasteiger partial charge in [-0.1, -0.05) is 11.3 Å². The average Bonchev–Trinajstić information content (AvgIpc) is 2.75. The number of hydrogen-bond acceptors (Lipinski definition) is 4. The number of fused-ring (bicyclic) bond motifs is 1. The van der Waals surface area contributed by atoms with Gasteiger partial charge in [-0.2, -0.15) is 0 Å². The number of pyridine rings is 1. The molecule has 4 nitrogen and oxygen atoms in total. The highest BCUT2D eigenvalue weighted by Crippen LogP contribution is 2.25. The fraction of sp³-hybridized carbons (Fsp3) is 0. The summed E-state index contributed by atoms with van der Waals surface area (Å²) in [7, 11) is 0. The first kappa shape index (κ1) is 9.86. The van der Waals surface area contributed by atoms with Crippen LogP contribution in [-0.4, -0.2) is 19.6 Å². The first-order valence-corrected chi connectivity index (χ1v) is 5.96. The molecule has 0 aliphatic heterocycles. The standard InChI is InChI=1S/C9H4BrFN4S/c10-8-14-15-4-7(13-9(15)16-8)5-1-2-12-3-6(5)11/h1-4H. The zero-order valence-corrected chi connectivity index (χ0v) is 10.2. The lowest BCUT2D eigenvalue weighted by Gasteiger charge is -1.95. The van der Waals surface area contributed by atoms with Crippen molar-refractivity contribution < 1.29 is 4.39 Å². The zero-order chi connectivity index (χ0) is 11.1. The zero-order valence-electron chi connectivity index (χ0n) is 7.76. The molecule has 0 fully saturated rings. The maximum absolute atomic E-state index is 13.5. The van der Waals surface area contributed by atoms with Crippen LogP contribution in [0.4, 0.5) is 4.39 Å². The van der Waals surface area contributed by atoms with Crippen LogP contribution in [-0.2, 0) is 0 Å². The maximum Gasteiger partial charge on any atom is 0.213 e. The van der Waals surface area contributed by atoms with Gasteiger partial charge in [0.05, 0.1) is 18.1 Å². The Kier molecular flexibility index (Phi) is 2.22. The molecule has 80 valence electrons. The summed E-state index contributed by atoms with van der Waals surface area (Å²) in [5, 5.41) is 4.14. The Morgan fingerprint density at radius 1 is 1.44 bits per heavy atom. The van der Waals surface area contributed by atoms with Crippen LogP contribution in [0.1, 0.15) is 0 Å². The Labute approximate surface area is 102 Å². The Balaban J connectivity index is 2.19. The van der Waals surface area contributed by atoms with E-state index < -0.39 is 0 Å². The molecule has 16 heavy (non-hydrogen) atoms. The van der Waals surface area contributed by atoms with Gasteiger partial charge in [-0.15, -0.1) is 5.10 Å². The molecule has 0 aliphatic rings. The van der Waals surface area contributed by atoms with Crippen molar-refractivity contribution in [2.45, 2.75) is 0 Å². The third kappa shape index (κ3) is 1.52. The van der Waals surface area contributed by atoms with Crippen LogP contribution in [0.25, 0.3) is 16.2 Å². The average molecular weight is 299 g/mol. The van der Waals surface area contributed by atoms with Gasteiger partial charge in [0.15, 0.2) is 9.73 Å². The van der Waals surface area contributed by atoms with E-state index in [1.807, 2.05) is 0 Å². The number of rotatable bonds is 1. The van der Waals surface area contributed by atoms with E-state index in [9.17, 15) is 4.39 Å². The summed E-state index contributed by atoms with van der Waals surface area (Å²) in [6.45, 7) is 0. The Bertz CT molecular complexity index is 631. The van der Waals surface area contributed by atoms with Gasteiger partial charge in [-0.25, -0.2) is 13.9 Å². The second kappa shape index (κ2) is 3.60. The normalized spacial score (nSPS) is 11.1. The molecular formula is C9H4BrFN4S. The first-order valence-electron chi connectivity index (χ1n) is 4.35. The SMILES string of the molecule is Fc1cnccc1-c1cn2nc(Br)sc2n1. The molecule has 0 spiro atoms. The summed E-state index contributed by atoms with van der Waals surface area (Å²) < 4.78 is 15.8. The fourth-order valence-corrected chi connectivity index (χ4v) is 2.60. The second-order valence-electron chi connectivity index (χ2n) is 3.06. The van der Waals surface area contributed by atoms with E-state index in [1.165, 1.54) is 23.7 Å². The summed E-state index contributed by atoms with van der Waals surface area (Å²) in [6, 6.07) is 1.59. The van der Waals surface area contributed by atoms with Gasteiger partial charge in [-0.3, -0.25) is 4.98 Å². The largest absolute Gasteiger partial charge is 0.262 e. The van der Waals surface area contributed by atoms with Gasteiger partial charge in [0.25, 0.3) is 0 Å². The molecule has 0 saturated carbocycles. The van der Waals surface area contributed by atoms with E-state index in [0.717, 1.165) is 8.88 Å². The minimum atomic E-state index is -0.382. The number of aromatic nitrogens is 4. The molecule has 3 rings (SSSR count). The van der Waals surface area contributed by atoms with Crippen LogP contribution in [0.15, 0.2) is 28.6 Å². The van der Waals surface area contributed by atoms with Gasteiger partial charge >= 0.3 is 0 Å². The molecule has 0 aliphatic carbocycles. The van der Waals surface area contributed by atoms with Crippen LogP contribution < -0.4 is 0 Å². The second-order valence-corrected chi connectivity index (χ2v) is 5.30. The minimum absolute atomic E-state index is 0.382. The highest BCUT2D eigenvalue weighted by atomic mass is 79.9. The van der Waals surface area contributed by atoms with Crippen molar-refractivity contribution in [2.75, 3.05) is 0 Å². The molecule has 3 aromatic rings. The number of nitrogens with zero attached hydrogens (tertiary/aromatic N) is 4. The Morgan fingerprint density at radius 3 is 3.06 bits per heavy atom. The predicted octanol–water partition coefficient (Wildman–Crippen LogP) is 2.75. The fourth-order valence-electron chi connectivity index (χ4n) is 1.39. The minimum Gasteiger partial charge on any atom is -0.262 e. The van der Waals surface area contributed by atoms with E-state index >= 15 is 0 Å². The van der Waals surface area contributed by atoms with Gasteiger partial charge in [0.1, 0.15) is 0 Å². The molecule has 0 amide bonds. The highest BCUT2D eigenvalue weighted by molar-refractivity contribution is 9.11. The smallest absolute Gasteiger partial charge is 0.213 e. The van der Waals surface area contributed by atoms with Gasteiger partial charge in [-0.05, 0) is 22.0 Å². The van der Waals surface area contributed by atoms with Crippen molar-refractivity contribution >= 4 is 32.2 Å². The molecule has 7 heteroatoms. The molecule has 0 bridgehead atoms. The van der Waals surface area contributed by atoms with E-state index in [1.54, 1.807) is 16.8 Å². The van der Waals surface area contributed by atoms with Crippen molar-refractivity contribution in [3.05, 3.63) is 34.4 Å². The highest BCUT2D eigenvalue weighted by Gasteiger charge is 2.11. The molecule has 0 N–H and O–H groups in total. The number of hydrogen-bond donors (Lipinski definition) is 0. The summed E-state index contributed by atoms with van der Waals surface area (Å²) in [5.74, 6) is -0.382. The molecule has 0 aromatic carbocycles. The van der Waals surface area contributed by atoms with Gasteiger partial charge in [0, 0.05) is 11.8 Å². The lowest BCUT2D eigenvalue weighted by molar-refractivity contribution is 0.624. The molecule has 0 atom stereocenters. The topological polar surface area (TPSA) is 43.1 Å². The molecule has 3 aromatic heterocycles. The van der Waals surface area contributed by atoms with Crippen molar-refractivity contribution in [3.63, 3.8) is 0 Å². The van der Waals surface area contributed by atoms with Crippen molar-refractivity contribution in [2.24, 2.45) is 0 Å². The summed E-state index contributed by atoms with van der Waals surface area (Å²) in [5.41, 5.74) is 0.995. The number of halogens is 2. The quantitative estimate of drug-likeness (QED) is 0.694. The summed E-state index contributed by atoms with van der Waals surface area (Å²) in [4.78, 5) is 8.70. The van der Waals surface area contributed by atoms with Crippen molar-refractivity contribution in [3.8, 4) is 11.3 Å². The maximum atomic E-state index is 13.5. The van der Waals surface area contributed by atoms with Gasteiger partial charge < -0.3 is 0 Å². The van der Waals surface area contributed by atoms with E-state index in [0.29, 0.717) is 11.3 Å². The van der Waals surface area contributed by atoms with E-state index in [2.05, 4.69) is 31.0 Å². The lowest BCUT2D eigenvalue weighted by Crippen LogP contribution is -1.85. The molecule has 0 radical (unpaired) electrons. The molecule has 0 unspecified atom stereocenters. The third-order valence-corrected chi connectivity index (χ3v) is 3.42. The molecular weight excluding hydrogens is 295 g/mol. The van der Waals surface area contributed by atoms with Crippen molar-refractivity contribution in [1.29, 1.82) is 0 Å². The van der Waals surface area contributed by atoms with Crippen LogP contribution in [0.2, 0.25) is 0 Å². The number of imidazole rings is 1. The summed E-state index contributed by atoms with van der Waals surface area (Å²) in [6.07, 6.45) is 4.40. The van der Waals surface area contributed by atoms with E-state index in [-0.39, 0.29) is 5.82 Å². The lowest BCUT2D eigenvalue weighted by atomic mass is 10.2. The Morgan fingerprint density at radius 2 is 2.31 bits per heavy atom. The monoisotopic (exact) mass is 298 g/mol. The van der Waals surface area contributed by atoms with Crippen molar-refractivity contribution in [1.82, 2.24) is 19.6 Å².